The number of alkyl halides is 3. The first-order valence-corrected chi connectivity index (χ1v) is 11.3. The molecule has 0 aliphatic rings. The van der Waals surface area contributed by atoms with Gasteiger partial charge in [0.05, 0.1) is 11.3 Å². The molecule has 2 aromatic carbocycles. The van der Waals surface area contributed by atoms with Crippen molar-refractivity contribution < 1.29 is 22.4 Å². The number of fused-ring (bicyclic) bond motifs is 1. The number of rotatable bonds is 4. The lowest BCUT2D eigenvalue weighted by atomic mass is 10.1. The quantitative estimate of drug-likeness (QED) is 0.218. The van der Waals surface area contributed by atoms with Crippen LogP contribution in [0.1, 0.15) is 5.56 Å². The SMILES string of the molecule is CSc1ncc2cc(-c3ccc(F)c(NC(=O)Nc4cccc(C(F)(F)F)c4)c3)c(=O)n(C)c2n1. The van der Waals surface area contributed by atoms with Gasteiger partial charge in [0.1, 0.15) is 11.5 Å². The number of urea groups is 1. The summed E-state index contributed by atoms with van der Waals surface area (Å²) >= 11 is 1.33. The lowest BCUT2D eigenvalue weighted by molar-refractivity contribution is -0.137. The van der Waals surface area contributed by atoms with Gasteiger partial charge in [0.15, 0.2) is 5.16 Å². The molecule has 180 valence electrons. The van der Waals surface area contributed by atoms with Crippen molar-refractivity contribution in [3.8, 4) is 11.1 Å². The van der Waals surface area contributed by atoms with E-state index in [-0.39, 0.29) is 16.9 Å². The summed E-state index contributed by atoms with van der Waals surface area (Å²) in [6.07, 6.45) is -1.20. The van der Waals surface area contributed by atoms with Gasteiger partial charge in [-0.3, -0.25) is 9.36 Å². The molecule has 0 aliphatic carbocycles. The van der Waals surface area contributed by atoms with Gasteiger partial charge in [0.2, 0.25) is 0 Å². The number of benzene rings is 2. The Morgan fingerprint density at radius 1 is 1.09 bits per heavy atom. The van der Waals surface area contributed by atoms with Gasteiger partial charge >= 0.3 is 12.2 Å². The van der Waals surface area contributed by atoms with Crippen molar-refractivity contribution in [2.45, 2.75) is 11.3 Å². The Kier molecular flexibility index (Phi) is 6.48. The molecule has 4 aromatic rings. The van der Waals surface area contributed by atoms with Crippen LogP contribution in [-0.4, -0.2) is 26.8 Å². The third kappa shape index (κ3) is 5.11. The molecule has 12 heteroatoms. The van der Waals surface area contributed by atoms with Crippen molar-refractivity contribution in [2.24, 2.45) is 7.05 Å². The van der Waals surface area contributed by atoms with E-state index in [9.17, 15) is 27.2 Å². The van der Waals surface area contributed by atoms with Gasteiger partial charge in [-0.2, -0.15) is 13.2 Å². The van der Waals surface area contributed by atoms with Gasteiger partial charge in [-0.25, -0.2) is 19.2 Å². The van der Waals surface area contributed by atoms with Crippen LogP contribution < -0.4 is 16.2 Å². The van der Waals surface area contributed by atoms with E-state index in [0.717, 1.165) is 24.3 Å². The number of carbonyl (C=O) groups excluding carboxylic acids is 1. The number of nitrogens with zero attached hydrogens (tertiary/aromatic N) is 3. The summed E-state index contributed by atoms with van der Waals surface area (Å²) in [5, 5.41) is 5.60. The molecule has 0 atom stereocenters. The smallest absolute Gasteiger partial charge is 0.308 e. The monoisotopic (exact) mass is 503 g/mol. The number of anilines is 2. The van der Waals surface area contributed by atoms with Crippen LogP contribution >= 0.6 is 11.8 Å². The van der Waals surface area contributed by atoms with E-state index in [1.807, 2.05) is 6.26 Å². The second-order valence-corrected chi connectivity index (χ2v) is 8.18. The van der Waals surface area contributed by atoms with Gasteiger partial charge in [0.25, 0.3) is 5.56 Å². The molecular formula is C23H17F4N5O2S. The van der Waals surface area contributed by atoms with Crippen LogP contribution in [0.25, 0.3) is 22.2 Å². The summed E-state index contributed by atoms with van der Waals surface area (Å²) in [6.45, 7) is 0. The zero-order valence-corrected chi connectivity index (χ0v) is 19.1. The first-order valence-electron chi connectivity index (χ1n) is 10.0. The van der Waals surface area contributed by atoms with Gasteiger partial charge in [-0.1, -0.05) is 23.9 Å². The van der Waals surface area contributed by atoms with Crippen molar-refractivity contribution in [3.63, 3.8) is 0 Å². The first kappa shape index (κ1) is 24.2. The van der Waals surface area contributed by atoms with Crippen LogP contribution in [0.3, 0.4) is 0 Å². The van der Waals surface area contributed by atoms with E-state index < -0.39 is 29.1 Å². The topological polar surface area (TPSA) is 88.9 Å². The first-order chi connectivity index (χ1) is 16.6. The number of nitrogens with one attached hydrogen (secondary N) is 2. The lowest BCUT2D eigenvalue weighted by Crippen LogP contribution is -2.21. The van der Waals surface area contributed by atoms with E-state index in [4.69, 9.17) is 0 Å². The highest BCUT2D eigenvalue weighted by Gasteiger charge is 2.30. The molecule has 7 nitrogen and oxygen atoms in total. The average molecular weight is 503 g/mol. The van der Waals surface area contributed by atoms with Gasteiger partial charge in [-0.05, 0) is 48.2 Å². The average Bonchev–Trinajstić information content (AvgIpc) is 2.82. The maximum Gasteiger partial charge on any atom is 0.416 e. The van der Waals surface area contributed by atoms with E-state index in [0.29, 0.717) is 21.8 Å². The Morgan fingerprint density at radius 3 is 2.57 bits per heavy atom. The predicted molar refractivity (Wildman–Crippen MR) is 126 cm³/mol. The minimum absolute atomic E-state index is 0.123. The molecule has 0 fully saturated rings. The number of halogens is 4. The van der Waals surface area contributed by atoms with Crippen molar-refractivity contribution >= 4 is 40.2 Å². The van der Waals surface area contributed by atoms with Crippen LogP contribution in [0.2, 0.25) is 0 Å². The van der Waals surface area contributed by atoms with Crippen LogP contribution in [0, 0.1) is 5.82 Å². The molecule has 35 heavy (non-hydrogen) atoms. The summed E-state index contributed by atoms with van der Waals surface area (Å²) in [7, 11) is 1.55. The Hall–Kier alpha value is -3.93. The van der Waals surface area contributed by atoms with Crippen molar-refractivity contribution in [1.82, 2.24) is 14.5 Å². The Labute approximate surface area is 200 Å². The number of pyridine rings is 1. The number of thioether (sulfide) groups is 1. The molecule has 0 unspecified atom stereocenters. The second kappa shape index (κ2) is 9.37. The minimum atomic E-state index is -4.58. The number of hydrogen-bond acceptors (Lipinski definition) is 5. The molecule has 0 saturated heterocycles. The molecule has 2 amide bonds. The number of carbonyl (C=O) groups is 1. The molecule has 0 spiro atoms. The highest BCUT2D eigenvalue weighted by molar-refractivity contribution is 7.98. The van der Waals surface area contributed by atoms with Crippen LogP contribution in [0.4, 0.5) is 33.7 Å². The molecule has 0 aliphatic heterocycles. The standard InChI is InChI=1S/C23H17F4N5O2S/c1-32-19-13(11-28-22(31-19)35-2)8-16(20(32)33)12-6-7-17(24)18(9-12)30-21(34)29-15-5-3-4-14(10-15)23(25,26)27/h3-11H,1-2H3,(H2,29,30,34). The summed E-state index contributed by atoms with van der Waals surface area (Å²) in [6, 6.07) is 8.37. The molecule has 2 N–H and O–H groups in total. The molecule has 2 heterocycles. The summed E-state index contributed by atoms with van der Waals surface area (Å²) < 4.78 is 54.5. The van der Waals surface area contributed by atoms with Gasteiger partial charge in [-0.15, -0.1) is 0 Å². The van der Waals surface area contributed by atoms with Gasteiger partial charge < -0.3 is 10.6 Å². The summed E-state index contributed by atoms with van der Waals surface area (Å²) in [5.41, 5.74) is -0.749. The maximum atomic E-state index is 14.4. The van der Waals surface area contributed by atoms with E-state index in [1.54, 1.807) is 19.3 Å². The summed E-state index contributed by atoms with van der Waals surface area (Å²) in [5.74, 6) is -0.793. The molecule has 4 rings (SSSR count). The van der Waals surface area contributed by atoms with Crippen LogP contribution in [0.15, 0.2) is 64.7 Å². The Morgan fingerprint density at radius 2 is 1.86 bits per heavy atom. The molecular weight excluding hydrogens is 486 g/mol. The normalized spacial score (nSPS) is 11.5. The number of aryl methyl sites for hydroxylation is 1. The summed E-state index contributed by atoms with van der Waals surface area (Å²) in [4.78, 5) is 33.9. The highest BCUT2D eigenvalue weighted by atomic mass is 32.2. The van der Waals surface area contributed by atoms with Crippen LogP contribution in [0.5, 0.6) is 0 Å². The molecule has 2 aromatic heterocycles. The minimum Gasteiger partial charge on any atom is -0.308 e. The fourth-order valence-electron chi connectivity index (χ4n) is 3.38. The van der Waals surface area contributed by atoms with Crippen molar-refractivity contribution in [2.75, 3.05) is 16.9 Å². The number of amides is 2. The number of aromatic nitrogens is 3. The zero-order chi connectivity index (χ0) is 25.3. The van der Waals surface area contributed by atoms with Crippen molar-refractivity contribution in [1.29, 1.82) is 0 Å². The fraction of sp³-hybridized carbons (Fsp3) is 0.130. The molecule has 0 bridgehead atoms. The zero-order valence-electron chi connectivity index (χ0n) is 18.3. The second-order valence-electron chi connectivity index (χ2n) is 7.41. The van der Waals surface area contributed by atoms with E-state index >= 15 is 0 Å². The molecule has 0 saturated carbocycles. The third-order valence-corrected chi connectivity index (χ3v) is 5.64. The number of hydrogen-bond donors (Lipinski definition) is 2. The van der Waals surface area contributed by atoms with Crippen molar-refractivity contribution in [3.05, 3.63) is 76.5 Å². The Balaban J connectivity index is 1.63. The van der Waals surface area contributed by atoms with E-state index in [2.05, 4.69) is 20.6 Å². The fourth-order valence-corrected chi connectivity index (χ4v) is 3.72. The third-order valence-electron chi connectivity index (χ3n) is 5.08. The highest BCUT2D eigenvalue weighted by Crippen LogP contribution is 2.31. The lowest BCUT2D eigenvalue weighted by Gasteiger charge is -2.13. The van der Waals surface area contributed by atoms with Gasteiger partial charge in [0, 0.05) is 29.9 Å². The predicted octanol–water partition coefficient (Wildman–Crippen LogP) is 5.52. The Bertz CT molecular complexity index is 1500. The molecule has 0 radical (unpaired) electrons. The largest absolute Gasteiger partial charge is 0.416 e. The van der Waals surface area contributed by atoms with Crippen LogP contribution in [-0.2, 0) is 13.2 Å². The maximum absolute atomic E-state index is 14.4. The van der Waals surface area contributed by atoms with E-state index in [1.165, 1.54) is 34.5 Å².